The van der Waals surface area contributed by atoms with Crippen molar-refractivity contribution in [3.8, 4) is 0 Å². The van der Waals surface area contributed by atoms with Crippen LogP contribution in [0.25, 0.3) is 11.2 Å². The molecule has 0 fully saturated rings. The summed E-state index contributed by atoms with van der Waals surface area (Å²) in [5.74, 6) is -0.544. The number of aliphatic carboxylic acids is 1. The van der Waals surface area contributed by atoms with Crippen molar-refractivity contribution in [1.82, 2.24) is 18.7 Å². The van der Waals surface area contributed by atoms with Crippen molar-refractivity contribution in [3.05, 3.63) is 49.6 Å². The number of nitrogens with zero attached hydrogens (tertiary/aromatic N) is 5. The molecule has 0 amide bonds. The lowest BCUT2D eigenvalue weighted by Gasteiger charge is -2.34. The number of carboxylic acid groups (broad SMARTS) is 1. The zero-order chi connectivity index (χ0) is 21.0. The lowest BCUT2D eigenvalue weighted by atomic mass is 10.1. The molecule has 152 valence electrons. The van der Waals surface area contributed by atoms with E-state index in [1.54, 1.807) is 4.57 Å². The highest BCUT2D eigenvalue weighted by atomic mass is 35.5. The van der Waals surface area contributed by atoms with Crippen LogP contribution in [0.3, 0.4) is 0 Å². The molecule has 0 radical (unpaired) electrons. The van der Waals surface area contributed by atoms with E-state index < -0.39 is 23.8 Å². The summed E-state index contributed by atoms with van der Waals surface area (Å²) in [7, 11) is 1.49. The maximum absolute atomic E-state index is 13.0. The van der Waals surface area contributed by atoms with Crippen LogP contribution in [0, 0.1) is 12.8 Å². The number of fused-ring (bicyclic) bond motifs is 3. The minimum Gasteiger partial charge on any atom is -0.480 e. The van der Waals surface area contributed by atoms with Gasteiger partial charge in [0, 0.05) is 30.8 Å². The number of hydrogen-bond donors (Lipinski definition) is 1. The van der Waals surface area contributed by atoms with Crippen LogP contribution >= 0.6 is 11.6 Å². The molecule has 1 atom stereocenters. The quantitative estimate of drug-likeness (QED) is 0.696. The van der Waals surface area contributed by atoms with Gasteiger partial charge in [-0.1, -0.05) is 24.6 Å². The first kappa shape index (κ1) is 19.3. The SMILES string of the molecule is Cc1c(Cl)cccc1N1C[C@@H](C)Cn2c1nc1c2c(=O)n(CC(=O)O)c(=O)n1C. The molecular weight excluding hydrogens is 398 g/mol. The Morgan fingerprint density at radius 2 is 2.03 bits per heavy atom. The molecule has 0 saturated heterocycles. The van der Waals surface area contributed by atoms with Crippen molar-refractivity contribution in [3.63, 3.8) is 0 Å². The Kier molecular flexibility index (Phi) is 4.49. The Morgan fingerprint density at radius 1 is 1.31 bits per heavy atom. The average Bonchev–Trinajstić information content (AvgIpc) is 3.04. The molecule has 0 spiro atoms. The first-order chi connectivity index (χ1) is 13.7. The number of benzene rings is 1. The van der Waals surface area contributed by atoms with E-state index in [0.717, 1.165) is 15.8 Å². The normalized spacial score (nSPS) is 16.3. The van der Waals surface area contributed by atoms with Crippen LogP contribution in [-0.4, -0.2) is 36.3 Å². The van der Waals surface area contributed by atoms with E-state index >= 15 is 0 Å². The number of carbonyl (C=O) groups is 1. The highest BCUT2D eigenvalue weighted by molar-refractivity contribution is 6.31. The number of hydrogen-bond acceptors (Lipinski definition) is 5. The Balaban J connectivity index is 2.04. The van der Waals surface area contributed by atoms with Crippen molar-refractivity contribution in [2.75, 3.05) is 11.4 Å². The molecule has 0 bridgehead atoms. The van der Waals surface area contributed by atoms with Crippen molar-refractivity contribution in [1.29, 1.82) is 0 Å². The van der Waals surface area contributed by atoms with Crippen LogP contribution in [0.4, 0.5) is 11.6 Å². The molecule has 1 aliphatic rings. The molecule has 2 aromatic heterocycles. The third kappa shape index (κ3) is 2.93. The van der Waals surface area contributed by atoms with E-state index in [4.69, 9.17) is 16.7 Å². The Morgan fingerprint density at radius 3 is 2.72 bits per heavy atom. The van der Waals surface area contributed by atoms with Gasteiger partial charge < -0.3 is 14.6 Å². The molecule has 10 heteroatoms. The van der Waals surface area contributed by atoms with Crippen molar-refractivity contribution >= 4 is 40.4 Å². The summed E-state index contributed by atoms with van der Waals surface area (Å²) in [6.45, 7) is 4.47. The standard InChI is InChI=1S/C19H20ClN5O4/c1-10-7-23(13-6-4-5-12(20)11(13)2)18-21-16-15(24(18)8-10)17(28)25(9-14(26)27)19(29)22(16)3/h4-6,10H,7-9H2,1-3H3,(H,26,27)/t10-/m1/s1. The number of aromatic nitrogens is 4. The van der Waals surface area contributed by atoms with Gasteiger partial charge in [-0.15, -0.1) is 0 Å². The molecule has 0 unspecified atom stereocenters. The largest absolute Gasteiger partial charge is 0.480 e. The zero-order valence-electron chi connectivity index (χ0n) is 16.2. The number of imidazole rings is 1. The number of aryl methyl sites for hydroxylation is 1. The lowest BCUT2D eigenvalue weighted by Crippen LogP contribution is -2.42. The van der Waals surface area contributed by atoms with Crippen LogP contribution in [0.1, 0.15) is 12.5 Å². The number of carboxylic acids is 1. The second-order valence-electron chi connectivity index (χ2n) is 7.42. The van der Waals surface area contributed by atoms with Gasteiger partial charge in [0.1, 0.15) is 6.54 Å². The molecule has 0 aliphatic carbocycles. The van der Waals surface area contributed by atoms with Gasteiger partial charge >= 0.3 is 11.7 Å². The van der Waals surface area contributed by atoms with Gasteiger partial charge in [0.05, 0.1) is 0 Å². The highest BCUT2D eigenvalue weighted by Crippen LogP contribution is 2.36. The number of anilines is 2. The fourth-order valence-electron chi connectivity index (χ4n) is 3.87. The fraction of sp³-hybridized carbons (Fsp3) is 0.368. The summed E-state index contributed by atoms with van der Waals surface area (Å²) in [4.78, 5) is 43.3. The Labute approximate surface area is 170 Å². The topological polar surface area (TPSA) is 102 Å². The third-order valence-electron chi connectivity index (χ3n) is 5.27. The van der Waals surface area contributed by atoms with Crippen LogP contribution in [0.15, 0.2) is 27.8 Å². The van der Waals surface area contributed by atoms with Crippen LogP contribution in [0.5, 0.6) is 0 Å². The molecule has 4 rings (SSSR count). The van der Waals surface area contributed by atoms with E-state index in [2.05, 4.69) is 11.9 Å². The van der Waals surface area contributed by atoms with Gasteiger partial charge in [0.15, 0.2) is 11.2 Å². The molecule has 1 N–H and O–H groups in total. The minimum absolute atomic E-state index is 0.183. The Bertz CT molecular complexity index is 1270. The van der Waals surface area contributed by atoms with Gasteiger partial charge in [-0.2, -0.15) is 4.98 Å². The molecular formula is C19H20ClN5O4. The average molecular weight is 418 g/mol. The van der Waals surface area contributed by atoms with Gasteiger partial charge in [0.25, 0.3) is 5.56 Å². The number of halogens is 1. The molecule has 29 heavy (non-hydrogen) atoms. The maximum Gasteiger partial charge on any atom is 0.333 e. The summed E-state index contributed by atoms with van der Waals surface area (Å²) in [6.07, 6.45) is 0. The fourth-order valence-corrected chi connectivity index (χ4v) is 4.04. The smallest absolute Gasteiger partial charge is 0.333 e. The van der Waals surface area contributed by atoms with Crippen molar-refractivity contribution in [2.24, 2.45) is 13.0 Å². The van der Waals surface area contributed by atoms with E-state index in [1.165, 1.54) is 11.6 Å². The van der Waals surface area contributed by atoms with Crippen LogP contribution < -0.4 is 16.1 Å². The van der Waals surface area contributed by atoms with Gasteiger partial charge in [0.2, 0.25) is 5.95 Å². The molecule has 3 heterocycles. The second kappa shape index (κ2) is 6.77. The van der Waals surface area contributed by atoms with E-state index in [-0.39, 0.29) is 17.1 Å². The second-order valence-corrected chi connectivity index (χ2v) is 7.83. The number of rotatable bonds is 3. The molecule has 1 aromatic carbocycles. The zero-order valence-corrected chi connectivity index (χ0v) is 17.0. The summed E-state index contributed by atoms with van der Waals surface area (Å²) < 4.78 is 3.72. The summed E-state index contributed by atoms with van der Waals surface area (Å²) in [6, 6.07) is 5.60. The molecule has 9 nitrogen and oxygen atoms in total. The monoisotopic (exact) mass is 417 g/mol. The first-order valence-electron chi connectivity index (χ1n) is 9.15. The molecule has 1 aliphatic heterocycles. The third-order valence-corrected chi connectivity index (χ3v) is 5.67. The van der Waals surface area contributed by atoms with Crippen molar-refractivity contribution < 1.29 is 9.90 Å². The van der Waals surface area contributed by atoms with E-state index in [9.17, 15) is 14.4 Å². The van der Waals surface area contributed by atoms with Crippen LogP contribution in [-0.2, 0) is 24.9 Å². The van der Waals surface area contributed by atoms with E-state index in [0.29, 0.717) is 24.1 Å². The van der Waals surface area contributed by atoms with Crippen LogP contribution in [0.2, 0.25) is 5.02 Å². The van der Waals surface area contributed by atoms with Gasteiger partial charge in [-0.3, -0.25) is 14.2 Å². The highest BCUT2D eigenvalue weighted by Gasteiger charge is 2.30. The lowest BCUT2D eigenvalue weighted by molar-refractivity contribution is -0.137. The van der Waals surface area contributed by atoms with Crippen molar-refractivity contribution in [2.45, 2.75) is 26.9 Å². The summed E-state index contributed by atoms with van der Waals surface area (Å²) >= 11 is 6.31. The summed E-state index contributed by atoms with van der Waals surface area (Å²) in [5.41, 5.74) is 0.852. The minimum atomic E-state index is -1.26. The Hall–Kier alpha value is -3.07. The molecule has 0 saturated carbocycles. The predicted octanol–water partition coefficient (Wildman–Crippen LogP) is 1.73. The van der Waals surface area contributed by atoms with E-state index in [1.807, 2.05) is 30.0 Å². The maximum atomic E-state index is 13.0. The predicted molar refractivity (Wildman–Crippen MR) is 109 cm³/mol. The first-order valence-corrected chi connectivity index (χ1v) is 9.53. The molecule has 3 aromatic rings. The summed E-state index contributed by atoms with van der Waals surface area (Å²) in [5, 5.41) is 9.73. The van der Waals surface area contributed by atoms with Gasteiger partial charge in [-0.25, -0.2) is 9.36 Å². The van der Waals surface area contributed by atoms with Gasteiger partial charge in [-0.05, 0) is 30.5 Å².